The minimum absolute atomic E-state index is 0.0953. The van der Waals surface area contributed by atoms with Gasteiger partial charge < -0.3 is 10.4 Å². The molecule has 4 heterocycles. The van der Waals surface area contributed by atoms with Gasteiger partial charge in [-0.25, -0.2) is 9.50 Å². The Morgan fingerprint density at radius 3 is 3.03 bits per heavy atom. The summed E-state index contributed by atoms with van der Waals surface area (Å²) >= 11 is 1.40. The maximum Gasteiger partial charge on any atom is 0.261 e. The molecule has 1 aliphatic rings. The molecule has 0 spiro atoms. The van der Waals surface area contributed by atoms with Gasteiger partial charge in [-0.1, -0.05) is 12.8 Å². The Morgan fingerprint density at radius 1 is 1.32 bits per heavy atom. The zero-order valence-corrected chi connectivity index (χ0v) is 18.0. The maximum atomic E-state index is 12.7. The summed E-state index contributed by atoms with van der Waals surface area (Å²) in [6.07, 6.45) is 12.9. The molecule has 31 heavy (non-hydrogen) atoms. The summed E-state index contributed by atoms with van der Waals surface area (Å²) in [5.41, 5.74) is 3.68. The Bertz CT molecular complexity index is 1210. The number of H-pyrrole nitrogens is 1. The summed E-state index contributed by atoms with van der Waals surface area (Å²) in [4.78, 5) is 17.9. The number of amides is 1. The number of carbonyl (C=O) groups excluding carboxylic acids is 1. The van der Waals surface area contributed by atoms with Gasteiger partial charge in [-0.05, 0) is 36.8 Å². The summed E-state index contributed by atoms with van der Waals surface area (Å²) in [5, 5.41) is 26.7. The predicted molar refractivity (Wildman–Crippen MR) is 119 cm³/mol. The average molecular weight is 437 g/mol. The van der Waals surface area contributed by atoms with Crippen LogP contribution in [0, 0.1) is 5.92 Å². The molecule has 2 atom stereocenters. The minimum Gasteiger partial charge on any atom is -0.390 e. The monoisotopic (exact) mass is 436 g/mol. The van der Waals surface area contributed by atoms with E-state index in [1.54, 1.807) is 23.1 Å². The van der Waals surface area contributed by atoms with E-state index >= 15 is 0 Å². The van der Waals surface area contributed by atoms with Crippen LogP contribution in [-0.4, -0.2) is 48.0 Å². The van der Waals surface area contributed by atoms with Crippen molar-refractivity contribution in [2.45, 2.75) is 38.2 Å². The van der Waals surface area contributed by atoms with Crippen molar-refractivity contribution in [2.75, 3.05) is 6.54 Å². The van der Waals surface area contributed by atoms with Crippen LogP contribution in [0.15, 0.2) is 42.4 Å². The van der Waals surface area contributed by atoms with Crippen LogP contribution in [0.1, 0.15) is 42.3 Å². The van der Waals surface area contributed by atoms with Gasteiger partial charge in [-0.2, -0.15) is 10.2 Å². The first kappa shape index (κ1) is 19.9. The number of thiophene rings is 1. The van der Waals surface area contributed by atoms with Crippen LogP contribution in [0.25, 0.3) is 27.9 Å². The summed E-state index contributed by atoms with van der Waals surface area (Å²) in [7, 11) is 0. The molecule has 1 fully saturated rings. The van der Waals surface area contributed by atoms with Crippen LogP contribution >= 0.6 is 11.3 Å². The van der Waals surface area contributed by atoms with Crippen LogP contribution in [0.4, 0.5) is 0 Å². The second-order valence-corrected chi connectivity index (χ2v) is 9.28. The Kier molecular flexibility index (Phi) is 5.07. The van der Waals surface area contributed by atoms with E-state index in [0.717, 1.165) is 53.6 Å². The second kappa shape index (κ2) is 7.90. The minimum atomic E-state index is -0.704. The highest BCUT2D eigenvalue weighted by atomic mass is 32.1. The molecule has 0 radical (unpaired) electrons. The molecule has 0 saturated heterocycles. The predicted octanol–water partition coefficient (Wildman–Crippen LogP) is 3.52. The molecule has 3 N–H and O–H groups in total. The van der Waals surface area contributed by atoms with Gasteiger partial charge in [0.25, 0.3) is 5.91 Å². The van der Waals surface area contributed by atoms with Crippen molar-refractivity contribution < 1.29 is 9.90 Å². The molecule has 1 saturated carbocycles. The number of aromatic amines is 1. The third kappa shape index (κ3) is 3.86. The second-order valence-electron chi connectivity index (χ2n) is 8.37. The number of nitrogens with zero attached hydrogens (tertiary/aromatic N) is 4. The highest BCUT2D eigenvalue weighted by molar-refractivity contribution is 7.12. The lowest BCUT2D eigenvalue weighted by Gasteiger charge is -2.37. The first-order valence-electron chi connectivity index (χ1n) is 10.4. The standard InChI is InChI=1S/C22H24N6O2S/c1-22(30)5-3-2-4-17(22)10-24-21(29)19-6-14(13-31-19)18-11-27-28-12-16(7-23-20(18)28)15-8-25-26-9-15/h6-9,11-13,17,30H,2-5,10H2,1H3,(H,24,29)(H,25,26). The van der Waals surface area contributed by atoms with E-state index in [2.05, 4.69) is 25.6 Å². The molecule has 0 bridgehead atoms. The van der Waals surface area contributed by atoms with Crippen LogP contribution in [0.3, 0.4) is 0 Å². The van der Waals surface area contributed by atoms with Crippen LogP contribution in [-0.2, 0) is 0 Å². The Labute approximate surface area is 183 Å². The molecular weight excluding hydrogens is 412 g/mol. The summed E-state index contributed by atoms with van der Waals surface area (Å²) in [6, 6.07) is 1.88. The lowest BCUT2D eigenvalue weighted by Crippen LogP contribution is -2.44. The first-order chi connectivity index (χ1) is 15.0. The van der Waals surface area contributed by atoms with Crippen molar-refractivity contribution in [3.8, 4) is 22.3 Å². The van der Waals surface area contributed by atoms with E-state index in [0.29, 0.717) is 11.4 Å². The number of rotatable bonds is 5. The smallest absolute Gasteiger partial charge is 0.261 e. The van der Waals surface area contributed by atoms with Gasteiger partial charge in [0.1, 0.15) is 0 Å². The van der Waals surface area contributed by atoms with Gasteiger partial charge in [0.05, 0.1) is 22.9 Å². The normalized spacial score (nSPS) is 21.4. The van der Waals surface area contributed by atoms with E-state index in [1.165, 1.54) is 11.3 Å². The molecule has 8 nitrogen and oxygen atoms in total. The number of hydrogen-bond acceptors (Lipinski definition) is 6. The number of fused-ring (bicyclic) bond motifs is 1. The number of aromatic nitrogens is 5. The Morgan fingerprint density at radius 2 is 2.23 bits per heavy atom. The molecule has 1 aliphatic carbocycles. The number of nitrogens with one attached hydrogen (secondary N) is 2. The van der Waals surface area contributed by atoms with Crippen molar-refractivity contribution >= 4 is 22.9 Å². The molecule has 4 aromatic heterocycles. The Hall–Kier alpha value is -3.04. The fourth-order valence-corrected chi connectivity index (χ4v) is 5.07. The zero-order chi connectivity index (χ0) is 21.4. The third-order valence-electron chi connectivity index (χ3n) is 6.20. The van der Waals surface area contributed by atoms with E-state index in [4.69, 9.17) is 0 Å². The summed E-state index contributed by atoms with van der Waals surface area (Å²) < 4.78 is 1.74. The van der Waals surface area contributed by atoms with Gasteiger partial charge in [-0.15, -0.1) is 11.3 Å². The lowest BCUT2D eigenvalue weighted by atomic mass is 9.76. The topological polar surface area (TPSA) is 108 Å². The SMILES string of the molecule is CC1(O)CCCCC1CNC(=O)c1cc(-c2cnn3cc(-c4cn[nH]c4)cnc23)cs1. The molecule has 5 rings (SSSR count). The number of aliphatic hydroxyl groups is 1. The average Bonchev–Trinajstić information content (AvgIpc) is 3.52. The van der Waals surface area contributed by atoms with Crippen LogP contribution in [0.2, 0.25) is 0 Å². The highest BCUT2D eigenvalue weighted by Gasteiger charge is 2.34. The first-order valence-corrected chi connectivity index (χ1v) is 11.3. The summed E-state index contributed by atoms with van der Waals surface area (Å²) in [6.45, 7) is 2.37. The van der Waals surface area contributed by atoms with Crippen molar-refractivity contribution in [3.05, 3.63) is 47.3 Å². The molecule has 160 valence electrons. The third-order valence-corrected chi connectivity index (χ3v) is 7.13. The van der Waals surface area contributed by atoms with E-state index < -0.39 is 5.60 Å². The quantitative estimate of drug-likeness (QED) is 0.444. The van der Waals surface area contributed by atoms with Crippen molar-refractivity contribution in [2.24, 2.45) is 5.92 Å². The molecule has 1 amide bonds. The maximum absolute atomic E-state index is 12.7. The fraction of sp³-hybridized carbons (Fsp3) is 0.364. The van der Waals surface area contributed by atoms with E-state index in [-0.39, 0.29) is 11.8 Å². The molecule has 0 aliphatic heterocycles. The van der Waals surface area contributed by atoms with E-state index in [1.807, 2.05) is 30.8 Å². The molecule has 9 heteroatoms. The van der Waals surface area contributed by atoms with Gasteiger partial charge in [0.2, 0.25) is 0 Å². The van der Waals surface area contributed by atoms with Gasteiger partial charge in [0, 0.05) is 47.7 Å². The molecule has 0 aromatic carbocycles. The number of carbonyl (C=O) groups is 1. The Balaban J connectivity index is 1.32. The largest absolute Gasteiger partial charge is 0.390 e. The van der Waals surface area contributed by atoms with Crippen LogP contribution in [0.5, 0.6) is 0 Å². The van der Waals surface area contributed by atoms with Gasteiger partial charge in [-0.3, -0.25) is 9.89 Å². The van der Waals surface area contributed by atoms with Gasteiger partial charge >= 0.3 is 0 Å². The molecule has 2 unspecified atom stereocenters. The lowest BCUT2D eigenvalue weighted by molar-refractivity contribution is -0.0301. The highest BCUT2D eigenvalue weighted by Crippen LogP contribution is 2.33. The van der Waals surface area contributed by atoms with Crippen molar-refractivity contribution in [1.82, 2.24) is 30.1 Å². The summed E-state index contributed by atoms with van der Waals surface area (Å²) in [5.74, 6) is -0.0119. The van der Waals surface area contributed by atoms with Crippen molar-refractivity contribution in [1.29, 1.82) is 0 Å². The fourth-order valence-electron chi connectivity index (χ4n) is 4.25. The van der Waals surface area contributed by atoms with Gasteiger partial charge in [0.15, 0.2) is 5.65 Å². The zero-order valence-electron chi connectivity index (χ0n) is 17.2. The van der Waals surface area contributed by atoms with Crippen LogP contribution < -0.4 is 5.32 Å². The number of hydrogen-bond donors (Lipinski definition) is 3. The molecule has 4 aromatic rings. The van der Waals surface area contributed by atoms with Crippen molar-refractivity contribution in [3.63, 3.8) is 0 Å². The van der Waals surface area contributed by atoms with E-state index in [9.17, 15) is 9.90 Å². The molecular formula is C22H24N6O2S.